The van der Waals surface area contributed by atoms with Crippen LogP contribution in [0.5, 0.6) is 17.2 Å². The van der Waals surface area contributed by atoms with Gasteiger partial charge in [0, 0.05) is 16.0 Å². The van der Waals surface area contributed by atoms with Crippen LogP contribution in [-0.2, 0) is 4.79 Å². The number of hydrogen-bond acceptors (Lipinski definition) is 7. The lowest BCUT2D eigenvalue weighted by Crippen LogP contribution is -2.32. The van der Waals surface area contributed by atoms with Crippen LogP contribution >= 0.6 is 11.3 Å². The van der Waals surface area contributed by atoms with Gasteiger partial charge in [0.25, 0.3) is 5.91 Å². The number of nitrogens with one attached hydrogen (secondary N) is 2. The highest BCUT2D eigenvalue weighted by atomic mass is 32.1. The van der Waals surface area contributed by atoms with Gasteiger partial charge in [0.05, 0.1) is 33.6 Å². The maximum Gasteiger partial charge on any atom is 0.251 e. The highest BCUT2D eigenvalue weighted by molar-refractivity contribution is 7.16. The van der Waals surface area contributed by atoms with Crippen LogP contribution in [0.2, 0.25) is 0 Å². The Labute approximate surface area is 184 Å². The summed E-state index contributed by atoms with van der Waals surface area (Å²) in [6.45, 7) is 1.75. The molecule has 0 atom stereocenters. The van der Waals surface area contributed by atoms with Crippen LogP contribution in [0.4, 0.5) is 5.13 Å². The van der Waals surface area contributed by atoms with Gasteiger partial charge in [-0.05, 0) is 49.4 Å². The summed E-state index contributed by atoms with van der Waals surface area (Å²) in [6.07, 6.45) is 0. The van der Waals surface area contributed by atoms with E-state index in [9.17, 15) is 9.59 Å². The largest absolute Gasteiger partial charge is 0.497 e. The van der Waals surface area contributed by atoms with Gasteiger partial charge < -0.3 is 24.8 Å². The second-order valence-corrected chi connectivity index (χ2v) is 7.66. The third-order valence-electron chi connectivity index (χ3n) is 4.46. The summed E-state index contributed by atoms with van der Waals surface area (Å²) < 4.78 is 15.5. The van der Waals surface area contributed by atoms with Crippen molar-refractivity contribution in [3.05, 3.63) is 52.9 Å². The lowest BCUT2D eigenvalue weighted by molar-refractivity contribution is -0.115. The molecule has 31 heavy (non-hydrogen) atoms. The fraction of sp³-hybridized carbons (Fsp3) is 0.227. The zero-order chi connectivity index (χ0) is 22.4. The Morgan fingerprint density at radius 1 is 0.968 bits per heavy atom. The number of aromatic nitrogens is 1. The summed E-state index contributed by atoms with van der Waals surface area (Å²) >= 11 is 1.37. The predicted molar refractivity (Wildman–Crippen MR) is 119 cm³/mol. The van der Waals surface area contributed by atoms with E-state index in [4.69, 9.17) is 14.2 Å². The molecule has 8 nitrogen and oxygen atoms in total. The molecule has 0 radical (unpaired) electrons. The molecule has 162 valence electrons. The van der Waals surface area contributed by atoms with Crippen LogP contribution < -0.4 is 24.8 Å². The molecule has 0 saturated heterocycles. The van der Waals surface area contributed by atoms with E-state index in [1.165, 1.54) is 25.6 Å². The van der Waals surface area contributed by atoms with E-state index in [0.717, 1.165) is 21.9 Å². The first kappa shape index (κ1) is 22.1. The maximum atomic E-state index is 12.4. The molecular weight excluding hydrogens is 418 g/mol. The molecule has 0 spiro atoms. The SMILES string of the molecule is COc1ccc(-c2nc(NC(=O)CNC(=O)c3ccc(OC)c(OC)c3)sc2C)cc1. The Morgan fingerprint density at radius 3 is 2.32 bits per heavy atom. The number of amides is 2. The van der Waals surface area contributed by atoms with E-state index in [0.29, 0.717) is 22.2 Å². The number of anilines is 1. The number of hydrogen-bond donors (Lipinski definition) is 2. The molecule has 2 N–H and O–H groups in total. The van der Waals surface area contributed by atoms with Gasteiger partial charge in [-0.1, -0.05) is 0 Å². The Balaban J connectivity index is 1.60. The first-order chi connectivity index (χ1) is 14.9. The van der Waals surface area contributed by atoms with Crippen molar-refractivity contribution in [2.45, 2.75) is 6.92 Å². The minimum Gasteiger partial charge on any atom is -0.497 e. The Kier molecular flexibility index (Phi) is 7.09. The fourth-order valence-corrected chi connectivity index (χ4v) is 3.72. The molecule has 2 aromatic carbocycles. The summed E-state index contributed by atoms with van der Waals surface area (Å²) in [5.74, 6) is 0.942. The number of thiazole rings is 1. The first-order valence-electron chi connectivity index (χ1n) is 9.37. The van der Waals surface area contributed by atoms with Crippen molar-refractivity contribution in [2.24, 2.45) is 0 Å². The summed E-state index contributed by atoms with van der Waals surface area (Å²) in [4.78, 5) is 30.1. The van der Waals surface area contributed by atoms with Crippen LogP contribution in [0.1, 0.15) is 15.2 Å². The minimum absolute atomic E-state index is 0.191. The molecule has 3 rings (SSSR count). The molecular formula is C22H23N3O5S. The van der Waals surface area contributed by atoms with E-state index < -0.39 is 5.91 Å². The molecule has 3 aromatic rings. The monoisotopic (exact) mass is 441 g/mol. The van der Waals surface area contributed by atoms with Crippen molar-refractivity contribution in [3.63, 3.8) is 0 Å². The van der Waals surface area contributed by atoms with Crippen molar-refractivity contribution in [1.82, 2.24) is 10.3 Å². The first-order valence-corrected chi connectivity index (χ1v) is 10.2. The van der Waals surface area contributed by atoms with E-state index in [1.807, 2.05) is 31.2 Å². The highest BCUT2D eigenvalue weighted by Crippen LogP contribution is 2.31. The number of ether oxygens (including phenoxy) is 3. The molecule has 0 saturated carbocycles. The van der Waals surface area contributed by atoms with E-state index in [2.05, 4.69) is 15.6 Å². The number of nitrogens with zero attached hydrogens (tertiary/aromatic N) is 1. The van der Waals surface area contributed by atoms with Crippen molar-refractivity contribution in [1.29, 1.82) is 0 Å². The van der Waals surface area contributed by atoms with Gasteiger partial charge >= 0.3 is 0 Å². The fourth-order valence-electron chi connectivity index (χ4n) is 2.87. The van der Waals surface area contributed by atoms with E-state index in [-0.39, 0.29) is 12.5 Å². The van der Waals surface area contributed by atoms with Gasteiger partial charge in [-0.15, -0.1) is 11.3 Å². The quantitative estimate of drug-likeness (QED) is 0.555. The van der Waals surface area contributed by atoms with Crippen molar-refractivity contribution in [3.8, 4) is 28.5 Å². The number of aryl methyl sites for hydroxylation is 1. The molecule has 0 aliphatic rings. The van der Waals surface area contributed by atoms with Crippen molar-refractivity contribution in [2.75, 3.05) is 33.2 Å². The van der Waals surface area contributed by atoms with Crippen LogP contribution in [0, 0.1) is 6.92 Å². The van der Waals surface area contributed by atoms with E-state index >= 15 is 0 Å². The van der Waals surface area contributed by atoms with Gasteiger partial charge in [-0.25, -0.2) is 4.98 Å². The second-order valence-electron chi connectivity index (χ2n) is 6.45. The third-order valence-corrected chi connectivity index (χ3v) is 5.35. The van der Waals surface area contributed by atoms with Crippen LogP contribution in [0.25, 0.3) is 11.3 Å². The molecule has 0 unspecified atom stereocenters. The average molecular weight is 442 g/mol. The van der Waals surface area contributed by atoms with E-state index in [1.54, 1.807) is 25.3 Å². The van der Waals surface area contributed by atoms with Crippen molar-refractivity contribution >= 4 is 28.3 Å². The molecule has 1 aromatic heterocycles. The number of benzene rings is 2. The molecule has 0 aliphatic heterocycles. The van der Waals surface area contributed by atoms with Gasteiger partial charge in [-0.2, -0.15) is 0 Å². The molecule has 0 fully saturated rings. The Morgan fingerprint density at radius 2 is 1.68 bits per heavy atom. The number of carbonyl (C=O) groups excluding carboxylic acids is 2. The second kappa shape index (κ2) is 9.94. The number of methoxy groups -OCH3 is 3. The molecule has 9 heteroatoms. The minimum atomic E-state index is -0.398. The number of rotatable bonds is 8. The zero-order valence-corrected chi connectivity index (χ0v) is 18.5. The zero-order valence-electron chi connectivity index (χ0n) is 17.6. The van der Waals surface area contributed by atoms with Crippen molar-refractivity contribution < 1.29 is 23.8 Å². The summed E-state index contributed by atoms with van der Waals surface area (Å²) in [5.41, 5.74) is 2.08. The lowest BCUT2D eigenvalue weighted by atomic mass is 10.1. The smallest absolute Gasteiger partial charge is 0.251 e. The van der Waals surface area contributed by atoms with Crippen LogP contribution in [-0.4, -0.2) is 44.7 Å². The Hall–Kier alpha value is -3.59. The summed E-state index contributed by atoms with van der Waals surface area (Å²) in [5, 5.41) is 5.78. The summed E-state index contributed by atoms with van der Waals surface area (Å²) in [7, 11) is 4.62. The summed E-state index contributed by atoms with van der Waals surface area (Å²) in [6, 6.07) is 12.3. The standard InChI is InChI=1S/C22H23N3O5S/c1-13-20(14-5-8-16(28-2)9-6-14)25-22(31-13)24-19(26)12-23-21(27)15-7-10-17(29-3)18(11-15)30-4/h5-11H,12H2,1-4H3,(H,23,27)(H,24,25,26). The molecule has 0 bridgehead atoms. The Bertz CT molecular complexity index is 1080. The van der Waals surface area contributed by atoms with Crippen LogP contribution in [0.15, 0.2) is 42.5 Å². The molecule has 1 heterocycles. The highest BCUT2D eigenvalue weighted by Gasteiger charge is 2.15. The number of carbonyl (C=O) groups is 2. The molecule has 2 amide bonds. The van der Waals surface area contributed by atoms with Gasteiger partial charge in [0.2, 0.25) is 5.91 Å². The average Bonchev–Trinajstić information content (AvgIpc) is 3.16. The third kappa shape index (κ3) is 5.32. The van der Waals surface area contributed by atoms with Gasteiger partial charge in [0.1, 0.15) is 5.75 Å². The lowest BCUT2D eigenvalue weighted by Gasteiger charge is -2.10. The maximum absolute atomic E-state index is 12.4. The topological polar surface area (TPSA) is 98.8 Å². The van der Waals surface area contributed by atoms with Crippen LogP contribution in [0.3, 0.4) is 0 Å². The van der Waals surface area contributed by atoms with Gasteiger partial charge in [0.15, 0.2) is 16.6 Å². The molecule has 0 aliphatic carbocycles. The predicted octanol–water partition coefficient (Wildman–Crippen LogP) is 3.51. The van der Waals surface area contributed by atoms with Gasteiger partial charge in [-0.3, -0.25) is 9.59 Å². The normalized spacial score (nSPS) is 10.3.